The number of nitrogens with one attached hydrogen (secondary N) is 2. The zero-order valence-electron chi connectivity index (χ0n) is 16.9. The molecule has 28 heavy (non-hydrogen) atoms. The number of carbonyl (C=O) groups is 1. The maximum absolute atomic E-state index is 12.7. The third-order valence-corrected chi connectivity index (χ3v) is 4.83. The quantitative estimate of drug-likeness (QED) is 0.594. The number of guanidine groups is 1. The minimum Gasteiger partial charge on any atom is -0.376 e. The molecule has 1 amide bonds. The molecule has 0 aliphatic carbocycles. The van der Waals surface area contributed by atoms with Gasteiger partial charge in [0.2, 0.25) is 5.96 Å². The average molecular weight is 380 g/mol. The Morgan fingerprint density at radius 3 is 2.64 bits per heavy atom. The summed E-state index contributed by atoms with van der Waals surface area (Å²) >= 11 is 0. The van der Waals surface area contributed by atoms with Crippen LogP contribution < -0.4 is 10.6 Å². The van der Waals surface area contributed by atoms with Gasteiger partial charge in [-0.25, -0.2) is 4.99 Å². The molecule has 0 spiro atoms. The third kappa shape index (κ3) is 5.67. The SMILES string of the molecule is Cc1cccc(C(=O)NC(=NC[C@@H]2CCCO2)Nc2ccc(C(C)C)cc2)c1. The highest BCUT2D eigenvalue weighted by atomic mass is 16.5. The minimum absolute atomic E-state index is 0.121. The molecule has 1 aliphatic rings. The molecule has 2 N–H and O–H groups in total. The lowest BCUT2D eigenvalue weighted by atomic mass is 10.0. The highest BCUT2D eigenvalue weighted by Crippen LogP contribution is 2.17. The van der Waals surface area contributed by atoms with E-state index in [1.807, 2.05) is 37.3 Å². The maximum atomic E-state index is 12.7. The average Bonchev–Trinajstić information content (AvgIpc) is 3.20. The summed E-state index contributed by atoms with van der Waals surface area (Å²) in [6, 6.07) is 15.7. The molecule has 2 aromatic carbocycles. The van der Waals surface area contributed by atoms with E-state index in [1.165, 1.54) is 5.56 Å². The lowest BCUT2D eigenvalue weighted by Crippen LogP contribution is -2.36. The van der Waals surface area contributed by atoms with E-state index in [0.29, 0.717) is 24.0 Å². The fourth-order valence-corrected chi connectivity index (χ4v) is 3.15. The number of amides is 1. The standard InChI is InChI=1S/C23H29N3O2/c1-16(2)18-9-11-20(12-10-18)25-23(24-15-21-8-5-13-28-21)26-22(27)19-7-4-6-17(3)14-19/h4,6-7,9-12,14,16,21H,5,8,13,15H2,1-3H3,(H2,24,25,26,27)/t21-/m0/s1. The van der Waals surface area contributed by atoms with Crippen LogP contribution in [0.1, 0.15) is 54.1 Å². The summed E-state index contributed by atoms with van der Waals surface area (Å²) in [5.41, 5.74) is 3.82. The number of hydrogen-bond donors (Lipinski definition) is 2. The van der Waals surface area contributed by atoms with Crippen LogP contribution in [0.3, 0.4) is 0 Å². The van der Waals surface area contributed by atoms with Crippen molar-refractivity contribution >= 4 is 17.6 Å². The molecular weight excluding hydrogens is 350 g/mol. The van der Waals surface area contributed by atoms with Gasteiger partial charge in [-0.1, -0.05) is 43.7 Å². The van der Waals surface area contributed by atoms with Gasteiger partial charge in [-0.2, -0.15) is 0 Å². The van der Waals surface area contributed by atoms with Crippen LogP contribution in [0, 0.1) is 6.92 Å². The molecule has 3 rings (SSSR count). The van der Waals surface area contributed by atoms with Crippen molar-refractivity contribution in [3.05, 3.63) is 65.2 Å². The van der Waals surface area contributed by atoms with Crippen LogP contribution in [0.15, 0.2) is 53.5 Å². The molecule has 0 aromatic heterocycles. The lowest BCUT2D eigenvalue weighted by molar-refractivity contribution is 0.0975. The first-order valence-electron chi connectivity index (χ1n) is 9.92. The van der Waals surface area contributed by atoms with Crippen LogP contribution in [-0.2, 0) is 4.74 Å². The summed E-state index contributed by atoms with van der Waals surface area (Å²) in [7, 11) is 0. The van der Waals surface area contributed by atoms with Gasteiger partial charge in [0, 0.05) is 17.9 Å². The highest BCUT2D eigenvalue weighted by Gasteiger charge is 2.16. The predicted molar refractivity (Wildman–Crippen MR) is 114 cm³/mol. The van der Waals surface area contributed by atoms with Crippen molar-refractivity contribution in [1.82, 2.24) is 5.32 Å². The minimum atomic E-state index is -0.180. The predicted octanol–water partition coefficient (Wildman–Crippen LogP) is 4.50. The first-order chi connectivity index (χ1) is 13.5. The Hall–Kier alpha value is -2.66. The Balaban J connectivity index is 1.74. The highest BCUT2D eigenvalue weighted by molar-refractivity contribution is 6.10. The molecule has 5 nitrogen and oxygen atoms in total. The van der Waals surface area contributed by atoms with Gasteiger partial charge in [0.15, 0.2) is 0 Å². The number of carbonyl (C=O) groups excluding carboxylic acids is 1. The number of rotatable bonds is 5. The second-order valence-electron chi connectivity index (χ2n) is 7.55. The molecule has 2 aromatic rings. The van der Waals surface area contributed by atoms with E-state index in [1.54, 1.807) is 6.07 Å². The molecular formula is C23H29N3O2. The van der Waals surface area contributed by atoms with Crippen molar-refractivity contribution in [2.24, 2.45) is 4.99 Å². The summed E-state index contributed by atoms with van der Waals surface area (Å²) < 4.78 is 5.65. The fraction of sp³-hybridized carbons (Fsp3) is 0.391. The van der Waals surface area contributed by atoms with Gasteiger partial charge >= 0.3 is 0 Å². The number of anilines is 1. The molecule has 5 heteroatoms. The zero-order valence-corrected chi connectivity index (χ0v) is 16.9. The molecule has 148 valence electrons. The number of ether oxygens (including phenoxy) is 1. The van der Waals surface area contributed by atoms with E-state index in [9.17, 15) is 4.79 Å². The van der Waals surface area contributed by atoms with Crippen LogP contribution in [0.25, 0.3) is 0 Å². The van der Waals surface area contributed by atoms with E-state index < -0.39 is 0 Å². The van der Waals surface area contributed by atoms with Crippen molar-refractivity contribution in [2.75, 3.05) is 18.5 Å². The van der Waals surface area contributed by atoms with Crippen molar-refractivity contribution < 1.29 is 9.53 Å². The summed E-state index contributed by atoms with van der Waals surface area (Å²) in [4.78, 5) is 17.3. The topological polar surface area (TPSA) is 62.7 Å². The molecule has 0 bridgehead atoms. The van der Waals surface area contributed by atoms with E-state index in [0.717, 1.165) is 30.7 Å². The second-order valence-corrected chi connectivity index (χ2v) is 7.55. The van der Waals surface area contributed by atoms with Gasteiger partial charge in [-0.15, -0.1) is 0 Å². The summed E-state index contributed by atoms with van der Waals surface area (Å²) in [6.07, 6.45) is 2.19. The fourth-order valence-electron chi connectivity index (χ4n) is 3.15. The molecule has 1 fully saturated rings. The number of aliphatic imine (C=N–C) groups is 1. The Morgan fingerprint density at radius 2 is 2.00 bits per heavy atom. The number of benzene rings is 2. The van der Waals surface area contributed by atoms with Gasteiger partial charge in [-0.05, 0) is 55.5 Å². The van der Waals surface area contributed by atoms with E-state index in [4.69, 9.17) is 4.74 Å². The molecule has 0 saturated carbocycles. The van der Waals surface area contributed by atoms with Gasteiger partial charge in [0.25, 0.3) is 5.91 Å². The van der Waals surface area contributed by atoms with Crippen LogP contribution >= 0.6 is 0 Å². The van der Waals surface area contributed by atoms with Crippen molar-refractivity contribution in [3.63, 3.8) is 0 Å². The van der Waals surface area contributed by atoms with Crippen LogP contribution in [0.2, 0.25) is 0 Å². The molecule has 0 radical (unpaired) electrons. The van der Waals surface area contributed by atoms with Gasteiger partial charge in [-0.3, -0.25) is 10.1 Å². The molecule has 0 unspecified atom stereocenters. The summed E-state index contributed by atoms with van der Waals surface area (Å²) in [6.45, 7) is 7.62. The Labute approximate surface area is 167 Å². The number of hydrogen-bond acceptors (Lipinski definition) is 3. The monoisotopic (exact) mass is 379 g/mol. The van der Waals surface area contributed by atoms with Gasteiger partial charge < -0.3 is 10.1 Å². The number of nitrogens with zero attached hydrogens (tertiary/aromatic N) is 1. The van der Waals surface area contributed by atoms with E-state index in [2.05, 4.69) is 41.6 Å². The van der Waals surface area contributed by atoms with Crippen molar-refractivity contribution in [2.45, 2.75) is 45.6 Å². The van der Waals surface area contributed by atoms with E-state index >= 15 is 0 Å². The lowest BCUT2D eigenvalue weighted by Gasteiger charge is -2.14. The molecule has 1 saturated heterocycles. The zero-order chi connectivity index (χ0) is 19.9. The second kappa shape index (κ2) is 9.51. The molecule has 1 aliphatic heterocycles. The Kier molecular flexibility index (Phi) is 6.82. The van der Waals surface area contributed by atoms with Gasteiger partial charge in [0.05, 0.1) is 12.6 Å². The third-order valence-electron chi connectivity index (χ3n) is 4.83. The van der Waals surface area contributed by atoms with Crippen LogP contribution in [0.5, 0.6) is 0 Å². The van der Waals surface area contributed by atoms with E-state index in [-0.39, 0.29) is 12.0 Å². The van der Waals surface area contributed by atoms with Crippen molar-refractivity contribution in [1.29, 1.82) is 0 Å². The normalized spacial score (nSPS) is 17.0. The summed E-state index contributed by atoms with van der Waals surface area (Å²) in [5.74, 6) is 0.739. The smallest absolute Gasteiger partial charge is 0.257 e. The Bertz CT molecular complexity index is 822. The van der Waals surface area contributed by atoms with Crippen LogP contribution in [-0.4, -0.2) is 31.1 Å². The van der Waals surface area contributed by atoms with Gasteiger partial charge in [0.1, 0.15) is 0 Å². The molecule has 1 heterocycles. The summed E-state index contributed by atoms with van der Waals surface area (Å²) in [5, 5.41) is 6.16. The first-order valence-corrected chi connectivity index (χ1v) is 9.92. The van der Waals surface area contributed by atoms with Crippen molar-refractivity contribution in [3.8, 4) is 0 Å². The Morgan fingerprint density at radius 1 is 1.21 bits per heavy atom. The molecule has 1 atom stereocenters. The number of aryl methyl sites for hydroxylation is 1. The maximum Gasteiger partial charge on any atom is 0.257 e. The first kappa shape index (κ1) is 20.1. The van der Waals surface area contributed by atoms with Crippen LogP contribution in [0.4, 0.5) is 5.69 Å². The largest absolute Gasteiger partial charge is 0.376 e.